The lowest BCUT2D eigenvalue weighted by molar-refractivity contribution is -0.150. The van der Waals surface area contributed by atoms with E-state index in [0.717, 1.165) is 11.3 Å². The molecule has 7 nitrogen and oxygen atoms in total. The van der Waals surface area contributed by atoms with E-state index in [2.05, 4.69) is 0 Å². The highest BCUT2D eigenvalue weighted by atomic mass is 16.3. The van der Waals surface area contributed by atoms with Crippen LogP contribution in [0.15, 0.2) is 52.2 Å². The number of carbonyl (C=O) groups is 2. The molecule has 1 aromatic carbocycles. The molecule has 7 heteroatoms. The molecule has 1 aromatic heterocycles. The highest BCUT2D eigenvalue weighted by Gasteiger charge is 2.43. The van der Waals surface area contributed by atoms with E-state index in [1.165, 1.54) is 10.6 Å². The summed E-state index contributed by atoms with van der Waals surface area (Å²) in [5.41, 5.74) is 2.31. The molecule has 1 unspecified atom stereocenters. The summed E-state index contributed by atoms with van der Waals surface area (Å²) in [4.78, 5) is 29.6. The molecule has 3 heterocycles. The van der Waals surface area contributed by atoms with Gasteiger partial charge in [-0.1, -0.05) is 29.8 Å². The average molecular weight is 409 g/mol. The summed E-state index contributed by atoms with van der Waals surface area (Å²) in [5, 5.41) is 6.23. The van der Waals surface area contributed by atoms with Crippen molar-refractivity contribution in [2.45, 2.75) is 38.8 Å². The van der Waals surface area contributed by atoms with Gasteiger partial charge in [-0.2, -0.15) is 5.10 Å². The zero-order chi connectivity index (χ0) is 21.5. The molecule has 158 valence electrons. The Bertz CT molecular complexity index is 963. The summed E-state index contributed by atoms with van der Waals surface area (Å²) in [6, 6.07) is 11.6. The number of hydrogen-bond donors (Lipinski definition) is 0. The largest absolute Gasteiger partial charge is 0.467 e. The monoisotopic (exact) mass is 408 g/mol. The third-order valence-electron chi connectivity index (χ3n) is 6.11. The lowest BCUT2D eigenvalue weighted by Crippen LogP contribution is -2.63. The van der Waals surface area contributed by atoms with E-state index < -0.39 is 5.54 Å². The van der Waals surface area contributed by atoms with Gasteiger partial charge in [-0.3, -0.25) is 14.5 Å². The third-order valence-corrected chi connectivity index (χ3v) is 6.11. The van der Waals surface area contributed by atoms with Crippen molar-refractivity contribution in [3.8, 4) is 0 Å². The molecular formula is C23H28N4O3. The van der Waals surface area contributed by atoms with Gasteiger partial charge < -0.3 is 9.32 Å². The van der Waals surface area contributed by atoms with Crippen molar-refractivity contribution in [3.63, 3.8) is 0 Å². The van der Waals surface area contributed by atoms with E-state index in [0.29, 0.717) is 25.3 Å². The fraction of sp³-hybridized carbons (Fsp3) is 0.435. The quantitative estimate of drug-likeness (QED) is 0.780. The van der Waals surface area contributed by atoms with Crippen molar-refractivity contribution in [1.82, 2.24) is 14.8 Å². The topological polar surface area (TPSA) is 69.4 Å². The Morgan fingerprint density at radius 2 is 1.93 bits per heavy atom. The fourth-order valence-electron chi connectivity index (χ4n) is 4.13. The first-order valence-corrected chi connectivity index (χ1v) is 10.3. The van der Waals surface area contributed by atoms with Crippen LogP contribution in [-0.4, -0.2) is 64.6 Å². The zero-order valence-electron chi connectivity index (χ0n) is 18.0. The van der Waals surface area contributed by atoms with Gasteiger partial charge in [0.1, 0.15) is 11.8 Å². The molecule has 2 aliphatic rings. The second-order valence-electron chi connectivity index (χ2n) is 8.59. The van der Waals surface area contributed by atoms with Crippen LogP contribution in [0.1, 0.15) is 43.2 Å². The Labute approximate surface area is 176 Å². The van der Waals surface area contributed by atoms with Crippen LogP contribution in [0.4, 0.5) is 0 Å². The summed E-state index contributed by atoms with van der Waals surface area (Å²) in [7, 11) is 1.80. The molecule has 0 N–H and O–H groups in total. The molecular weight excluding hydrogens is 380 g/mol. The maximum absolute atomic E-state index is 13.3. The predicted octanol–water partition coefficient (Wildman–Crippen LogP) is 2.82. The molecule has 4 rings (SSSR count). The highest BCUT2D eigenvalue weighted by molar-refractivity contribution is 6.03. The van der Waals surface area contributed by atoms with E-state index >= 15 is 0 Å². The highest BCUT2D eigenvalue weighted by Crippen LogP contribution is 2.33. The number of aryl methyl sites for hydroxylation is 1. The first kappa shape index (κ1) is 20.3. The number of hydrazone groups is 1. The van der Waals surface area contributed by atoms with Crippen molar-refractivity contribution in [2.24, 2.45) is 5.10 Å². The molecule has 30 heavy (non-hydrogen) atoms. The fourth-order valence-corrected chi connectivity index (χ4v) is 4.13. The molecule has 2 aromatic rings. The van der Waals surface area contributed by atoms with Gasteiger partial charge in [-0.05, 0) is 38.5 Å². The molecule has 0 spiro atoms. The molecule has 1 fully saturated rings. The van der Waals surface area contributed by atoms with Crippen molar-refractivity contribution in [1.29, 1.82) is 0 Å². The zero-order valence-corrected chi connectivity index (χ0v) is 18.0. The third kappa shape index (κ3) is 3.65. The number of piperazine rings is 1. The van der Waals surface area contributed by atoms with Crippen molar-refractivity contribution in [2.75, 3.05) is 26.7 Å². The lowest BCUT2D eigenvalue weighted by Gasteiger charge is -2.44. The molecule has 0 aliphatic carbocycles. The molecule has 1 saturated heterocycles. The van der Waals surface area contributed by atoms with E-state index in [4.69, 9.17) is 9.52 Å². The summed E-state index contributed by atoms with van der Waals surface area (Å²) < 4.78 is 5.62. The van der Waals surface area contributed by atoms with Crippen LogP contribution in [0, 0.1) is 6.92 Å². The number of furan rings is 1. The summed E-state index contributed by atoms with van der Waals surface area (Å²) >= 11 is 0. The second-order valence-corrected chi connectivity index (χ2v) is 8.59. The molecule has 0 saturated carbocycles. The molecule has 2 amide bonds. The number of hydrogen-bond acceptors (Lipinski definition) is 5. The number of carbonyl (C=O) groups excluding carboxylic acids is 2. The van der Waals surface area contributed by atoms with Crippen LogP contribution < -0.4 is 0 Å². The molecule has 2 aliphatic heterocycles. The number of amides is 2. The Kier molecular flexibility index (Phi) is 5.24. The minimum atomic E-state index is -0.730. The van der Waals surface area contributed by atoms with Gasteiger partial charge in [0.2, 0.25) is 5.91 Å². The average Bonchev–Trinajstić information content (AvgIpc) is 3.39. The summed E-state index contributed by atoms with van der Waals surface area (Å²) in [5.74, 6) is 0.598. The van der Waals surface area contributed by atoms with Gasteiger partial charge in [0.15, 0.2) is 0 Å². The van der Waals surface area contributed by atoms with Gasteiger partial charge in [0.25, 0.3) is 5.91 Å². The number of likely N-dealkylation sites (N-methyl/N-ethyl adjacent to an activating group) is 1. The molecule has 0 bridgehead atoms. The second kappa shape index (κ2) is 7.72. The first-order valence-electron chi connectivity index (χ1n) is 10.3. The van der Waals surface area contributed by atoms with Crippen LogP contribution in [0.5, 0.6) is 0 Å². The SMILES string of the molecule is Cc1ccc(C2=NN(C(=O)CN3CCN(C)C(=O)C3(C)C)C(c3ccco3)C2)cc1. The van der Waals surface area contributed by atoms with E-state index in [1.54, 1.807) is 18.2 Å². The summed E-state index contributed by atoms with van der Waals surface area (Å²) in [6.45, 7) is 7.17. The molecule has 0 radical (unpaired) electrons. The van der Waals surface area contributed by atoms with E-state index in [9.17, 15) is 9.59 Å². The minimum Gasteiger partial charge on any atom is -0.467 e. The Morgan fingerprint density at radius 3 is 2.60 bits per heavy atom. The standard InChI is InChI=1S/C23H28N4O3/c1-16-7-9-17(10-8-16)18-14-19(20-6-5-13-30-20)27(24-18)21(28)15-26-12-11-25(4)22(29)23(26,2)3/h5-10,13,19H,11-12,14-15H2,1-4H3. The van der Waals surface area contributed by atoms with Gasteiger partial charge in [0.05, 0.1) is 24.1 Å². The van der Waals surface area contributed by atoms with Gasteiger partial charge in [-0.25, -0.2) is 5.01 Å². The smallest absolute Gasteiger partial charge is 0.257 e. The van der Waals surface area contributed by atoms with E-state index in [-0.39, 0.29) is 24.4 Å². The van der Waals surface area contributed by atoms with Gasteiger partial charge >= 0.3 is 0 Å². The molecule has 1 atom stereocenters. The van der Waals surface area contributed by atoms with Crippen molar-refractivity contribution in [3.05, 3.63) is 59.5 Å². The normalized spacial score (nSPS) is 21.8. The van der Waals surface area contributed by atoms with Crippen LogP contribution in [-0.2, 0) is 9.59 Å². The minimum absolute atomic E-state index is 0.0226. The maximum Gasteiger partial charge on any atom is 0.257 e. The van der Waals surface area contributed by atoms with Crippen molar-refractivity contribution >= 4 is 17.5 Å². The van der Waals surface area contributed by atoms with Crippen LogP contribution in [0.2, 0.25) is 0 Å². The number of benzene rings is 1. The van der Waals surface area contributed by atoms with Crippen LogP contribution in [0.25, 0.3) is 0 Å². The van der Waals surface area contributed by atoms with Crippen LogP contribution in [0.3, 0.4) is 0 Å². The van der Waals surface area contributed by atoms with Crippen LogP contribution >= 0.6 is 0 Å². The van der Waals surface area contributed by atoms with Gasteiger partial charge in [-0.15, -0.1) is 0 Å². The maximum atomic E-state index is 13.3. The number of rotatable bonds is 4. The van der Waals surface area contributed by atoms with Gasteiger partial charge in [0, 0.05) is 26.6 Å². The first-order chi connectivity index (χ1) is 14.3. The predicted molar refractivity (Wildman–Crippen MR) is 114 cm³/mol. The Morgan fingerprint density at radius 1 is 1.20 bits per heavy atom. The van der Waals surface area contributed by atoms with Crippen molar-refractivity contribution < 1.29 is 14.0 Å². The Balaban J connectivity index is 1.59. The van der Waals surface area contributed by atoms with E-state index in [1.807, 2.05) is 62.1 Å². The summed E-state index contributed by atoms with van der Waals surface area (Å²) in [6.07, 6.45) is 2.21. The number of nitrogens with zero attached hydrogens (tertiary/aromatic N) is 4. The Hall–Kier alpha value is -2.93. The lowest BCUT2D eigenvalue weighted by atomic mass is 9.97.